The molecule has 1 saturated heterocycles. The van der Waals surface area contributed by atoms with Gasteiger partial charge in [0.05, 0.1) is 29.5 Å². The summed E-state index contributed by atoms with van der Waals surface area (Å²) < 4.78 is 42.0. The average Bonchev–Trinajstić information content (AvgIpc) is 2.67. The molecule has 1 fully saturated rings. The van der Waals surface area contributed by atoms with Gasteiger partial charge in [0, 0.05) is 18.7 Å². The first-order valence-corrected chi connectivity index (χ1v) is 7.74. The van der Waals surface area contributed by atoms with E-state index in [1.807, 2.05) is 0 Å². The number of halogens is 1. The molecule has 1 heterocycles. The summed E-state index contributed by atoms with van der Waals surface area (Å²) in [4.78, 5) is 0. The summed E-state index contributed by atoms with van der Waals surface area (Å²) in [7, 11) is -1.60. The standard InChI is InChI=1S/C12H17FN2O3S/c1-18-12-6-11(9(13)5-10(12)14)15-7-8-3-2-4-19(8,16)17/h5-6,8,15H,2-4,7,14H2,1H3. The number of nitrogens with one attached hydrogen (secondary N) is 1. The quantitative estimate of drug-likeness (QED) is 0.819. The van der Waals surface area contributed by atoms with Crippen LogP contribution in [0.1, 0.15) is 12.8 Å². The molecule has 0 bridgehead atoms. The number of benzene rings is 1. The molecule has 3 N–H and O–H groups in total. The molecule has 1 aliphatic rings. The average molecular weight is 288 g/mol. The summed E-state index contributed by atoms with van der Waals surface area (Å²) in [5, 5.41) is 2.37. The van der Waals surface area contributed by atoms with Gasteiger partial charge in [-0.15, -0.1) is 0 Å². The van der Waals surface area contributed by atoms with Crippen LogP contribution >= 0.6 is 0 Å². The van der Waals surface area contributed by atoms with E-state index < -0.39 is 20.9 Å². The topological polar surface area (TPSA) is 81.4 Å². The molecule has 0 amide bonds. The Kier molecular flexibility index (Phi) is 3.84. The molecule has 0 radical (unpaired) electrons. The van der Waals surface area contributed by atoms with E-state index in [-0.39, 0.29) is 23.7 Å². The predicted molar refractivity (Wildman–Crippen MR) is 72.7 cm³/mol. The van der Waals surface area contributed by atoms with Gasteiger partial charge in [-0.3, -0.25) is 0 Å². The zero-order valence-corrected chi connectivity index (χ0v) is 11.5. The van der Waals surface area contributed by atoms with Crippen LogP contribution < -0.4 is 15.8 Å². The number of methoxy groups -OCH3 is 1. The van der Waals surface area contributed by atoms with E-state index in [1.54, 1.807) is 0 Å². The molecule has 106 valence electrons. The van der Waals surface area contributed by atoms with Crippen LogP contribution in [0.15, 0.2) is 12.1 Å². The number of ether oxygens (including phenoxy) is 1. The Hall–Kier alpha value is -1.50. The summed E-state index contributed by atoms with van der Waals surface area (Å²) in [5.41, 5.74) is 5.98. The van der Waals surface area contributed by atoms with E-state index in [4.69, 9.17) is 10.5 Å². The van der Waals surface area contributed by atoms with E-state index in [0.29, 0.717) is 18.6 Å². The molecule has 0 aliphatic carbocycles. The van der Waals surface area contributed by atoms with E-state index in [2.05, 4.69) is 5.32 Å². The van der Waals surface area contributed by atoms with Crippen LogP contribution in [0.25, 0.3) is 0 Å². The molecule has 0 saturated carbocycles. The first-order chi connectivity index (χ1) is 8.94. The van der Waals surface area contributed by atoms with E-state index in [0.717, 1.165) is 6.07 Å². The van der Waals surface area contributed by atoms with Crippen molar-refractivity contribution in [1.82, 2.24) is 0 Å². The van der Waals surface area contributed by atoms with Crippen LogP contribution in [-0.2, 0) is 9.84 Å². The summed E-state index contributed by atoms with van der Waals surface area (Å²) >= 11 is 0. The smallest absolute Gasteiger partial charge is 0.154 e. The summed E-state index contributed by atoms with van der Waals surface area (Å²) in [6, 6.07) is 2.59. The third-order valence-corrected chi connectivity index (χ3v) is 5.58. The van der Waals surface area contributed by atoms with Gasteiger partial charge in [0.15, 0.2) is 9.84 Å². The van der Waals surface area contributed by atoms with Gasteiger partial charge in [-0.25, -0.2) is 12.8 Å². The lowest BCUT2D eigenvalue weighted by Crippen LogP contribution is -2.25. The minimum atomic E-state index is -3.03. The van der Waals surface area contributed by atoms with Crippen molar-refractivity contribution >= 4 is 21.2 Å². The summed E-state index contributed by atoms with van der Waals surface area (Å²) in [5.74, 6) is 0.0549. The Morgan fingerprint density at radius 1 is 1.53 bits per heavy atom. The number of anilines is 2. The molecule has 5 nitrogen and oxygen atoms in total. The number of hydrogen-bond donors (Lipinski definition) is 2. The fourth-order valence-corrected chi connectivity index (χ4v) is 3.96. The Labute approximate surface area is 111 Å². The van der Waals surface area contributed by atoms with Gasteiger partial charge in [0.1, 0.15) is 11.6 Å². The fraction of sp³-hybridized carbons (Fsp3) is 0.500. The molecule has 1 aromatic carbocycles. The third kappa shape index (κ3) is 2.91. The van der Waals surface area contributed by atoms with Crippen molar-refractivity contribution in [2.24, 2.45) is 0 Å². The van der Waals surface area contributed by atoms with Crippen LogP contribution in [-0.4, -0.2) is 33.1 Å². The maximum atomic E-state index is 13.7. The SMILES string of the molecule is COc1cc(NCC2CCCS2(=O)=O)c(F)cc1N. The largest absolute Gasteiger partial charge is 0.495 e. The molecule has 0 spiro atoms. The summed E-state index contributed by atoms with van der Waals surface area (Å²) in [6.45, 7) is 0.201. The highest BCUT2D eigenvalue weighted by Crippen LogP contribution is 2.29. The first-order valence-electron chi connectivity index (χ1n) is 6.02. The lowest BCUT2D eigenvalue weighted by Gasteiger charge is -2.14. The number of rotatable bonds is 4. The highest BCUT2D eigenvalue weighted by atomic mass is 32.2. The molecule has 1 aliphatic heterocycles. The minimum Gasteiger partial charge on any atom is -0.495 e. The maximum Gasteiger partial charge on any atom is 0.154 e. The molecule has 1 aromatic rings. The second kappa shape index (κ2) is 5.24. The molecule has 7 heteroatoms. The van der Waals surface area contributed by atoms with Crippen molar-refractivity contribution in [3.05, 3.63) is 17.9 Å². The van der Waals surface area contributed by atoms with Crippen molar-refractivity contribution in [3.63, 3.8) is 0 Å². The minimum absolute atomic E-state index is 0.201. The molecular formula is C12H17FN2O3S. The lowest BCUT2D eigenvalue weighted by atomic mass is 10.2. The molecule has 1 atom stereocenters. The van der Waals surface area contributed by atoms with E-state index in [1.165, 1.54) is 13.2 Å². The van der Waals surface area contributed by atoms with Crippen LogP contribution in [0.4, 0.5) is 15.8 Å². The van der Waals surface area contributed by atoms with Gasteiger partial charge in [-0.05, 0) is 12.8 Å². The normalized spacial score (nSPS) is 21.3. The van der Waals surface area contributed by atoms with Crippen LogP contribution in [0.3, 0.4) is 0 Å². The van der Waals surface area contributed by atoms with Gasteiger partial charge < -0.3 is 15.8 Å². The van der Waals surface area contributed by atoms with Crippen molar-refractivity contribution in [1.29, 1.82) is 0 Å². The van der Waals surface area contributed by atoms with Gasteiger partial charge in [-0.1, -0.05) is 0 Å². The predicted octanol–water partition coefficient (Wildman–Crippen LogP) is 1.41. The Balaban J connectivity index is 2.11. The number of sulfone groups is 1. The van der Waals surface area contributed by atoms with Gasteiger partial charge in [0.25, 0.3) is 0 Å². The van der Waals surface area contributed by atoms with Gasteiger partial charge >= 0.3 is 0 Å². The van der Waals surface area contributed by atoms with Gasteiger partial charge in [0.2, 0.25) is 0 Å². The number of nitrogen functional groups attached to an aromatic ring is 1. The Morgan fingerprint density at radius 3 is 2.84 bits per heavy atom. The molecule has 2 rings (SSSR count). The van der Waals surface area contributed by atoms with Crippen molar-refractivity contribution in [3.8, 4) is 5.75 Å². The second-order valence-electron chi connectivity index (χ2n) is 4.59. The molecular weight excluding hydrogens is 271 g/mol. The van der Waals surface area contributed by atoms with E-state index in [9.17, 15) is 12.8 Å². The highest BCUT2D eigenvalue weighted by Gasteiger charge is 2.31. The van der Waals surface area contributed by atoms with Crippen molar-refractivity contribution < 1.29 is 17.5 Å². The van der Waals surface area contributed by atoms with Crippen LogP contribution in [0.2, 0.25) is 0 Å². The molecule has 19 heavy (non-hydrogen) atoms. The zero-order chi connectivity index (χ0) is 14.0. The fourth-order valence-electron chi connectivity index (χ4n) is 2.19. The lowest BCUT2D eigenvalue weighted by molar-refractivity contribution is 0.416. The molecule has 0 aromatic heterocycles. The maximum absolute atomic E-state index is 13.7. The van der Waals surface area contributed by atoms with Crippen molar-refractivity contribution in [2.45, 2.75) is 18.1 Å². The Bertz CT molecular complexity index is 575. The first kappa shape index (κ1) is 13.9. The van der Waals surface area contributed by atoms with Crippen molar-refractivity contribution in [2.75, 3.05) is 30.5 Å². The monoisotopic (exact) mass is 288 g/mol. The third-order valence-electron chi connectivity index (χ3n) is 3.30. The Morgan fingerprint density at radius 2 is 2.26 bits per heavy atom. The van der Waals surface area contributed by atoms with Gasteiger partial charge in [-0.2, -0.15) is 0 Å². The number of nitrogens with two attached hydrogens (primary N) is 1. The van der Waals surface area contributed by atoms with Crippen LogP contribution in [0.5, 0.6) is 5.75 Å². The second-order valence-corrected chi connectivity index (χ2v) is 6.99. The number of hydrogen-bond acceptors (Lipinski definition) is 5. The summed E-state index contributed by atoms with van der Waals surface area (Å²) in [6.07, 6.45) is 1.28. The molecule has 1 unspecified atom stereocenters. The highest BCUT2D eigenvalue weighted by molar-refractivity contribution is 7.92. The zero-order valence-electron chi connectivity index (χ0n) is 10.6. The van der Waals surface area contributed by atoms with Crippen LogP contribution in [0, 0.1) is 5.82 Å². The van der Waals surface area contributed by atoms with E-state index >= 15 is 0 Å².